The molecular formula is C15H25NO3. The van der Waals surface area contributed by atoms with Gasteiger partial charge in [-0.3, -0.25) is 0 Å². The van der Waals surface area contributed by atoms with Crippen LogP contribution in [0.25, 0.3) is 0 Å². The van der Waals surface area contributed by atoms with Crippen LogP contribution in [-0.2, 0) is 6.42 Å². The molecule has 0 aliphatic heterocycles. The van der Waals surface area contributed by atoms with E-state index in [1.165, 1.54) is 0 Å². The maximum Gasteiger partial charge on any atom is 0.161 e. The molecule has 0 saturated carbocycles. The Kier molecular flexibility index (Phi) is 7.30. The highest BCUT2D eigenvalue weighted by molar-refractivity contribution is 5.43. The first-order valence-electron chi connectivity index (χ1n) is 6.85. The first-order chi connectivity index (χ1) is 9.24. The molecule has 19 heavy (non-hydrogen) atoms. The molecule has 0 radical (unpaired) electrons. The standard InChI is InChI=1S/C15H25NO3/c1-3-4-7-19-15-9-12(5-6-14(15)18-2)8-13(10-16)11-17/h5-6,9,13,17H,3-4,7-8,10-11,16H2,1-2H3. The number of nitrogens with two attached hydrogens (primary N) is 1. The van der Waals surface area contributed by atoms with Crippen molar-refractivity contribution in [3.05, 3.63) is 23.8 Å². The third-order valence-electron chi connectivity index (χ3n) is 3.10. The minimum Gasteiger partial charge on any atom is -0.493 e. The van der Waals surface area contributed by atoms with Crippen molar-refractivity contribution in [2.24, 2.45) is 11.7 Å². The molecule has 0 saturated heterocycles. The SMILES string of the molecule is CCCCOc1cc(CC(CN)CO)ccc1OC. The normalized spacial score (nSPS) is 12.2. The van der Waals surface area contributed by atoms with Crippen LogP contribution in [0.5, 0.6) is 11.5 Å². The lowest BCUT2D eigenvalue weighted by molar-refractivity contribution is 0.229. The van der Waals surface area contributed by atoms with Crippen LogP contribution < -0.4 is 15.2 Å². The number of ether oxygens (including phenoxy) is 2. The summed E-state index contributed by atoms with van der Waals surface area (Å²) in [6, 6.07) is 5.87. The van der Waals surface area contributed by atoms with Crippen molar-refractivity contribution in [3.63, 3.8) is 0 Å². The van der Waals surface area contributed by atoms with Crippen molar-refractivity contribution >= 4 is 0 Å². The van der Waals surface area contributed by atoms with Crippen molar-refractivity contribution in [3.8, 4) is 11.5 Å². The molecule has 0 bridgehead atoms. The van der Waals surface area contributed by atoms with E-state index in [9.17, 15) is 5.11 Å². The Balaban J connectivity index is 2.75. The van der Waals surface area contributed by atoms with Crippen LogP contribution in [0.4, 0.5) is 0 Å². The lowest BCUT2D eigenvalue weighted by Crippen LogP contribution is -2.20. The molecule has 4 heteroatoms. The predicted octanol–water partition coefficient (Wildman–Crippen LogP) is 1.98. The second kappa shape index (κ2) is 8.77. The zero-order valence-electron chi connectivity index (χ0n) is 11.9. The van der Waals surface area contributed by atoms with E-state index >= 15 is 0 Å². The monoisotopic (exact) mass is 267 g/mol. The van der Waals surface area contributed by atoms with Gasteiger partial charge in [0.1, 0.15) is 0 Å². The smallest absolute Gasteiger partial charge is 0.161 e. The summed E-state index contributed by atoms with van der Waals surface area (Å²) < 4.78 is 11.0. The molecule has 0 aromatic heterocycles. The Hall–Kier alpha value is -1.26. The highest BCUT2D eigenvalue weighted by Gasteiger charge is 2.10. The topological polar surface area (TPSA) is 64.7 Å². The molecule has 0 heterocycles. The van der Waals surface area contributed by atoms with Gasteiger partial charge in [0.25, 0.3) is 0 Å². The summed E-state index contributed by atoms with van der Waals surface area (Å²) in [5, 5.41) is 9.19. The van der Waals surface area contributed by atoms with Gasteiger partial charge in [0, 0.05) is 6.61 Å². The molecule has 1 unspecified atom stereocenters. The predicted molar refractivity (Wildman–Crippen MR) is 76.7 cm³/mol. The van der Waals surface area contributed by atoms with Gasteiger partial charge in [-0.1, -0.05) is 19.4 Å². The number of hydrogen-bond acceptors (Lipinski definition) is 4. The minimum absolute atomic E-state index is 0.0943. The van der Waals surface area contributed by atoms with Gasteiger partial charge in [-0.2, -0.15) is 0 Å². The van der Waals surface area contributed by atoms with Crippen LogP contribution in [0.2, 0.25) is 0 Å². The highest BCUT2D eigenvalue weighted by atomic mass is 16.5. The van der Waals surface area contributed by atoms with Gasteiger partial charge in [-0.05, 0) is 43.0 Å². The molecule has 1 atom stereocenters. The number of benzene rings is 1. The zero-order valence-corrected chi connectivity index (χ0v) is 11.9. The fraction of sp³-hybridized carbons (Fsp3) is 0.600. The largest absolute Gasteiger partial charge is 0.493 e. The number of aliphatic hydroxyl groups is 1. The summed E-state index contributed by atoms with van der Waals surface area (Å²) in [5.41, 5.74) is 6.72. The van der Waals surface area contributed by atoms with Crippen LogP contribution in [0.15, 0.2) is 18.2 Å². The Labute approximate surface area is 115 Å². The van der Waals surface area contributed by atoms with Gasteiger partial charge in [-0.15, -0.1) is 0 Å². The molecule has 0 aliphatic carbocycles. The summed E-state index contributed by atoms with van der Waals surface area (Å²) in [6.45, 7) is 3.41. The first-order valence-corrected chi connectivity index (χ1v) is 6.85. The molecule has 0 spiro atoms. The second-order valence-electron chi connectivity index (χ2n) is 4.68. The third-order valence-corrected chi connectivity index (χ3v) is 3.10. The molecule has 0 aliphatic rings. The van der Waals surface area contributed by atoms with Gasteiger partial charge in [0.05, 0.1) is 13.7 Å². The molecule has 4 nitrogen and oxygen atoms in total. The van der Waals surface area contributed by atoms with Crippen LogP contribution in [-0.4, -0.2) is 32.0 Å². The van der Waals surface area contributed by atoms with Crippen LogP contribution in [0, 0.1) is 5.92 Å². The molecule has 1 aromatic carbocycles. The van der Waals surface area contributed by atoms with E-state index in [1.54, 1.807) is 7.11 Å². The lowest BCUT2D eigenvalue weighted by atomic mass is 10.00. The minimum atomic E-state index is 0.0943. The summed E-state index contributed by atoms with van der Waals surface area (Å²) >= 11 is 0. The molecular weight excluding hydrogens is 242 g/mol. The van der Waals surface area contributed by atoms with Gasteiger partial charge in [0.2, 0.25) is 0 Å². The average molecular weight is 267 g/mol. The van der Waals surface area contributed by atoms with E-state index in [-0.39, 0.29) is 12.5 Å². The van der Waals surface area contributed by atoms with E-state index in [1.807, 2.05) is 18.2 Å². The number of aliphatic hydroxyl groups excluding tert-OH is 1. The lowest BCUT2D eigenvalue weighted by Gasteiger charge is -2.15. The molecule has 0 fully saturated rings. The van der Waals surface area contributed by atoms with Gasteiger partial charge in [0.15, 0.2) is 11.5 Å². The van der Waals surface area contributed by atoms with Crippen molar-refractivity contribution in [2.45, 2.75) is 26.2 Å². The van der Waals surface area contributed by atoms with E-state index in [0.717, 1.165) is 36.3 Å². The number of hydrogen-bond donors (Lipinski definition) is 2. The fourth-order valence-electron chi connectivity index (χ4n) is 1.84. The number of unbranched alkanes of at least 4 members (excludes halogenated alkanes) is 1. The van der Waals surface area contributed by atoms with Crippen LogP contribution >= 0.6 is 0 Å². The maximum absolute atomic E-state index is 9.19. The maximum atomic E-state index is 9.19. The van der Waals surface area contributed by atoms with E-state index in [4.69, 9.17) is 15.2 Å². The fourth-order valence-corrected chi connectivity index (χ4v) is 1.84. The van der Waals surface area contributed by atoms with Crippen LogP contribution in [0.1, 0.15) is 25.3 Å². The summed E-state index contributed by atoms with van der Waals surface area (Å²) in [6.07, 6.45) is 2.87. The van der Waals surface area contributed by atoms with E-state index < -0.39 is 0 Å². The average Bonchev–Trinajstić information content (AvgIpc) is 2.45. The van der Waals surface area contributed by atoms with Gasteiger partial charge in [-0.25, -0.2) is 0 Å². The van der Waals surface area contributed by atoms with Crippen molar-refractivity contribution < 1.29 is 14.6 Å². The Morgan fingerprint density at radius 3 is 2.68 bits per heavy atom. The van der Waals surface area contributed by atoms with Gasteiger partial charge < -0.3 is 20.3 Å². The molecule has 0 amide bonds. The van der Waals surface area contributed by atoms with Crippen molar-refractivity contribution in [2.75, 3.05) is 26.9 Å². The zero-order chi connectivity index (χ0) is 14.1. The van der Waals surface area contributed by atoms with E-state index in [2.05, 4.69) is 6.92 Å². The second-order valence-corrected chi connectivity index (χ2v) is 4.68. The Morgan fingerprint density at radius 2 is 2.11 bits per heavy atom. The Bertz CT molecular complexity index is 364. The van der Waals surface area contributed by atoms with Gasteiger partial charge >= 0.3 is 0 Å². The number of methoxy groups -OCH3 is 1. The van der Waals surface area contributed by atoms with Crippen LogP contribution in [0.3, 0.4) is 0 Å². The van der Waals surface area contributed by atoms with Crippen molar-refractivity contribution in [1.29, 1.82) is 0 Å². The molecule has 108 valence electrons. The summed E-state index contributed by atoms with van der Waals surface area (Å²) in [4.78, 5) is 0. The summed E-state index contributed by atoms with van der Waals surface area (Å²) in [5.74, 6) is 1.60. The molecule has 1 rings (SSSR count). The first kappa shape index (κ1) is 15.8. The number of rotatable bonds is 9. The highest BCUT2D eigenvalue weighted by Crippen LogP contribution is 2.29. The molecule has 1 aromatic rings. The molecule has 3 N–H and O–H groups in total. The quantitative estimate of drug-likeness (QED) is 0.672. The summed E-state index contributed by atoms with van der Waals surface area (Å²) in [7, 11) is 1.64. The third kappa shape index (κ3) is 5.09. The van der Waals surface area contributed by atoms with E-state index in [0.29, 0.717) is 13.2 Å². The van der Waals surface area contributed by atoms with Crippen molar-refractivity contribution in [1.82, 2.24) is 0 Å². The Morgan fingerprint density at radius 1 is 1.32 bits per heavy atom.